The van der Waals surface area contributed by atoms with Gasteiger partial charge in [0.05, 0.1) is 19.3 Å². The molecule has 0 radical (unpaired) electrons. The van der Waals surface area contributed by atoms with Crippen molar-refractivity contribution < 1.29 is 28.8 Å². The SMILES string of the molecule is COCC(C)C1OCOC(COC)C1OCO. The molecule has 0 bridgehead atoms. The molecular weight excluding hydrogens is 228 g/mol. The average Bonchev–Trinajstić information content (AvgIpc) is 2.32. The topological polar surface area (TPSA) is 66.4 Å². The van der Waals surface area contributed by atoms with E-state index < -0.39 is 0 Å². The Morgan fingerprint density at radius 3 is 2.65 bits per heavy atom. The molecule has 4 atom stereocenters. The van der Waals surface area contributed by atoms with Gasteiger partial charge in [-0.25, -0.2) is 0 Å². The van der Waals surface area contributed by atoms with Crippen LogP contribution in [0.25, 0.3) is 0 Å². The number of hydrogen-bond donors (Lipinski definition) is 1. The van der Waals surface area contributed by atoms with E-state index in [0.717, 1.165) is 0 Å². The van der Waals surface area contributed by atoms with E-state index >= 15 is 0 Å². The monoisotopic (exact) mass is 250 g/mol. The number of methoxy groups -OCH3 is 2. The summed E-state index contributed by atoms with van der Waals surface area (Å²) >= 11 is 0. The fraction of sp³-hybridized carbons (Fsp3) is 1.00. The van der Waals surface area contributed by atoms with Crippen molar-refractivity contribution in [3.05, 3.63) is 0 Å². The maximum atomic E-state index is 8.93. The third kappa shape index (κ3) is 4.17. The van der Waals surface area contributed by atoms with Crippen LogP contribution in [0.5, 0.6) is 0 Å². The Kier molecular flexibility index (Phi) is 6.94. The van der Waals surface area contributed by atoms with Gasteiger partial charge in [0.2, 0.25) is 0 Å². The van der Waals surface area contributed by atoms with Gasteiger partial charge in [-0.05, 0) is 0 Å². The Hall–Kier alpha value is -0.240. The summed E-state index contributed by atoms with van der Waals surface area (Å²) in [5.74, 6) is 0.153. The van der Waals surface area contributed by atoms with Gasteiger partial charge in [-0.15, -0.1) is 0 Å². The Bertz CT molecular complexity index is 198. The van der Waals surface area contributed by atoms with Crippen molar-refractivity contribution in [3.63, 3.8) is 0 Å². The van der Waals surface area contributed by atoms with E-state index in [1.807, 2.05) is 6.92 Å². The second-order valence-electron chi connectivity index (χ2n) is 4.10. The lowest BCUT2D eigenvalue weighted by Crippen LogP contribution is -2.53. The van der Waals surface area contributed by atoms with Crippen molar-refractivity contribution in [3.8, 4) is 0 Å². The zero-order valence-corrected chi connectivity index (χ0v) is 10.6. The van der Waals surface area contributed by atoms with Gasteiger partial charge in [0.15, 0.2) is 0 Å². The molecule has 6 heteroatoms. The molecule has 1 fully saturated rings. The van der Waals surface area contributed by atoms with Crippen LogP contribution < -0.4 is 0 Å². The first kappa shape index (κ1) is 14.8. The summed E-state index contributed by atoms with van der Waals surface area (Å²) in [7, 11) is 3.24. The molecule has 1 N–H and O–H groups in total. The second-order valence-corrected chi connectivity index (χ2v) is 4.10. The predicted molar refractivity (Wildman–Crippen MR) is 59.5 cm³/mol. The molecule has 1 rings (SSSR count). The third-order valence-electron chi connectivity index (χ3n) is 2.82. The fourth-order valence-electron chi connectivity index (χ4n) is 2.05. The molecule has 0 aliphatic carbocycles. The molecule has 1 saturated heterocycles. The van der Waals surface area contributed by atoms with Crippen LogP contribution in [0.2, 0.25) is 0 Å². The summed E-state index contributed by atoms with van der Waals surface area (Å²) in [5.41, 5.74) is 0. The van der Waals surface area contributed by atoms with E-state index in [4.69, 9.17) is 28.8 Å². The van der Waals surface area contributed by atoms with E-state index in [-0.39, 0.29) is 37.8 Å². The number of rotatable bonds is 7. The van der Waals surface area contributed by atoms with Crippen molar-refractivity contribution in [2.75, 3.05) is 41.0 Å². The first-order valence-electron chi connectivity index (χ1n) is 5.68. The van der Waals surface area contributed by atoms with Crippen LogP contribution in [0, 0.1) is 5.92 Å². The van der Waals surface area contributed by atoms with E-state index in [1.165, 1.54) is 0 Å². The van der Waals surface area contributed by atoms with Crippen molar-refractivity contribution in [2.45, 2.75) is 25.2 Å². The Morgan fingerprint density at radius 2 is 2.06 bits per heavy atom. The molecule has 0 aromatic rings. The molecule has 102 valence electrons. The minimum Gasteiger partial charge on any atom is -0.384 e. The predicted octanol–water partition coefficient (Wildman–Crippen LogP) is -0.00820. The van der Waals surface area contributed by atoms with Crippen molar-refractivity contribution in [2.24, 2.45) is 5.92 Å². The maximum Gasteiger partial charge on any atom is 0.147 e. The maximum absolute atomic E-state index is 8.93. The number of hydrogen-bond acceptors (Lipinski definition) is 6. The molecule has 4 unspecified atom stereocenters. The normalized spacial score (nSPS) is 31.4. The lowest BCUT2D eigenvalue weighted by molar-refractivity contribution is -0.274. The highest BCUT2D eigenvalue weighted by molar-refractivity contribution is 4.85. The molecule has 17 heavy (non-hydrogen) atoms. The molecule has 0 aromatic carbocycles. The van der Waals surface area contributed by atoms with Crippen LogP contribution in [-0.4, -0.2) is 64.4 Å². The largest absolute Gasteiger partial charge is 0.384 e. The summed E-state index contributed by atoms with van der Waals surface area (Å²) in [5, 5.41) is 8.93. The molecule has 0 spiro atoms. The van der Waals surface area contributed by atoms with E-state index in [0.29, 0.717) is 13.2 Å². The summed E-state index contributed by atoms with van der Waals surface area (Å²) in [6, 6.07) is 0. The lowest BCUT2D eigenvalue weighted by atomic mass is 9.96. The zero-order chi connectivity index (χ0) is 12.7. The van der Waals surface area contributed by atoms with Crippen LogP contribution in [0.4, 0.5) is 0 Å². The van der Waals surface area contributed by atoms with Gasteiger partial charge < -0.3 is 28.8 Å². The van der Waals surface area contributed by atoms with Crippen LogP contribution in [0.3, 0.4) is 0 Å². The van der Waals surface area contributed by atoms with E-state index in [9.17, 15) is 0 Å². The number of ether oxygens (including phenoxy) is 5. The van der Waals surface area contributed by atoms with Gasteiger partial charge >= 0.3 is 0 Å². The number of aliphatic hydroxyl groups is 1. The molecule has 1 aliphatic heterocycles. The summed E-state index contributed by atoms with van der Waals surface area (Å²) in [6.07, 6.45) is -0.750. The quantitative estimate of drug-likeness (QED) is 0.641. The van der Waals surface area contributed by atoms with Crippen LogP contribution in [-0.2, 0) is 23.7 Å². The highest BCUT2D eigenvalue weighted by Crippen LogP contribution is 2.24. The van der Waals surface area contributed by atoms with Gasteiger partial charge in [-0.1, -0.05) is 6.92 Å². The molecule has 0 saturated carbocycles. The summed E-state index contributed by atoms with van der Waals surface area (Å²) in [6.45, 7) is 2.82. The molecule has 1 aliphatic rings. The van der Waals surface area contributed by atoms with Gasteiger partial charge in [-0.2, -0.15) is 0 Å². The third-order valence-corrected chi connectivity index (χ3v) is 2.82. The fourth-order valence-corrected chi connectivity index (χ4v) is 2.05. The Labute approximate surface area is 102 Å². The summed E-state index contributed by atoms with van der Waals surface area (Å²) in [4.78, 5) is 0. The number of aliphatic hydroxyl groups excluding tert-OH is 1. The molecule has 1 heterocycles. The van der Waals surface area contributed by atoms with Gasteiger partial charge in [0.25, 0.3) is 0 Å². The van der Waals surface area contributed by atoms with Crippen molar-refractivity contribution in [1.82, 2.24) is 0 Å². The highest BCUT2D eigenvalue weighted by Gasteiger charge is 2.39. The average molecular weight is 250 g/mol. The van der Waals surface area contributed by atoms with Crippen LogP contribution >= 0.6 is 0 Å². The molecule has 0 aromatic heterocycles. The lowest BCUT2D eigenvalue weighted by Gasteiger charge is -2.39. The highest BCUT2D eigenvalue weighted by atomic mass is 16.7. The van der Waals surface area contributed by atoms with Crippen molar-refractivity contribution >= 4 is 0 Å². The summed E-state index contributed by atoms with van der Waals surface area (Å²) < 4.78 is 26.4. The van der Waals surface area contributed by atoms with Crippen LogP contribution in [0.15, 0.2) is 0 Å². The Balaban J connectivity index is 2.64. The first-order valence-corrected chi connectivity index (χ1v) is 5.68. The van der Waals surface area contributed by atoms with E-state index in [2.05, 4.69) is 0 Å². The first-order chi connectivity index (χ1) is 8.24. The smallest absolute Gasteiger partial charge is 0.147 e. The minimum absolute atomic E-state index is 0.153. The molecule has 6 nitrogen and oxygen atoms in total. The van der Waals surface area contributed by atoms with Crippen LogP contribution in [0.1, 0.15) is 6.92 Å². The van der Waals surface area contributed by atoms with Gasteiger partial charge in [0.1, 0.15) is 25.8 Å². The van der Waals surface area contributed by atoms with E-state index in [1.54, 1.807) is 14.2 Å². The minimum atomic E-state index is -0.367. The molecular formula is C11H22O6. The van der Waals surface area contributed by atoms with Crippen molar-refractivity contribution in [1.29, 1.82) is 0 Å². The van der Waals surface area contributed by atoms with Gasteiger partial charge in [0, 0.05) is 20.1 Å². The van der Waals surface area contributed by atoms with Gasteiger partial charge in [-0.3, -0.25) is 0 Å². The second kappa shape index (κ2) is 7.97. The molecule has 0 amide bonds. The Morgan fingerprint density at radius 1 is 1.29 bits per heavy atom. The zero-order valence-electron chi connectivity index (χ0n) is 10.6. The standard InChI is InChI=1S/C11H22O6/c1-8(4-13-2)10-11(15-6-12)9(5-14-3)16-7-17-10/h8-12H,4-7H2,1-3H3.